The fraction of sp³-hybridized carbons (Fsp3) is 0.588. The Morgan fingerprint density at radius 3 is 2.71 bits per heavy atom. The normalized spacial score (nSPS) is 22.9. The van der Waals surface area contributed by atoms with Crippen molar-refractivity contribution >= 4 is 11.6 Å². The Morgan fingerprint density at radius 2 is 2.05 bits per heavy atom. The first-order valence-electron chi connectivity index (χ1n) is 7.83. The second-order valence-electron chi connectivity index (χ2n) is 6.41. The minimum atomic E-state index is -0.725. The molecule has 21 heavy (non-hydrogen) atoms. The van der Waals surface area contributed by atoms with Gasteiger partial charge in [-0.3, -0.25) is 4.79 Å². The van der Waals surface area contributed by atoms with Gasteiger partial charge in [0.2, 0.25) is 0 Å². The first kappa shape index (κ1) is 15.8. The Balaban J connectivity index is 2.01. The van der Waals surface area contributed by atoms with E-state index in [1.807, 2.05) is 0 Å². The molecule has 2 rings (SSSR count). The van der Waals surface area contributed by atoms with Gasteiger partial charge in [0.1, 0.15) is 5.82 Å². The molecular formula is C17H25FN2O. The molecule has 4 heteroatoms. The van der Waals surface area contributed by atoms with E-state index in [0.29, 0.717) is 6.04 Å². The predicted octanol–water partition coefficient (Wildman–Crippen LogP) is 3.94. The number of carbonyl (C=O) groups is 1. The SMILES string of the molecule is CC(C)C1CCCC(Nc2ccc(F)c(C(N)=O)c2)CC1. The highest BCUT2D eigenvalue weighted by atomic mass is 19.1. The van der Waals surface area contributed by atoms with Crippen LogP contribution < -0.4 is 11.1 Å². The summed E-state index contributed by atoms with van der Waals surface area (Å²) in [5.41, 5.74) is 5.91. The first-order chi connectivity index (χ1) is 9.97. The van der Waals surface area contributed by atoms with Crippen molar-refractivity contribution in [3.05, 3.63) is 29.6 Å². The van der Waals surface area contributed by atoms with Crippen molar-refractivity contribution in [2.75, 3.05) is 5.32 Å². The van der Waals surface area contributed by atoms with Crippen LogP contribution in [-0.2, 0) is 0 Å². The van der Waals surface area contributed by atoms with Crippen LogP contribution in [0, 0.1) is 17.7 Å². The highest BCUT2D eigenvalue weighted by Crippen LogP contribution is 2.30. The number of hydrogen-bond donors (Lipinski definition) is 2. The van der Waals surface area contributed by atoms with Crippen LogP contribution in [0.2, 0.25) is 0 Å². The van der Waals surface area contributed by atoms with Gasteiger partial charge in [-0.2, -0.15) is 0 Å². The number of benzene rings is 1. The maximum Gasteiger partial charge on any atom is 0.251 e. The predicted molar refractivity (Wildman–Crippen MR) is 83.7 cm³/mol. The quantitative estimate of drug-likeness (QED) is 0.826. The molecule has 2 unspecified atom stereocenters. The highest BCUT2D eigenvalue weighted by Gasteiger charge is 2.21. The molecular weight excluding hydrogens is 267 g/mol. The van der Waals surface area contributed by atoms with Crippen molar-refractivity contribution in [3.63, 3.8) is 0 Å². The van der Waals surface area contributed by atoms with E-state index < -0.39 is 11.7 Å². The minimum absolute atomic E-state index is 0.0475. The third-order valence-electron chi connectivity index (χ3n) is 4.56. The number of carbonyl (C=O) groups excluding carboxylic acids is 1. The summed E-state index contributed by atoms with van der Waals surface area (Å²) < 4.78 is 13.5. The Morgan fingerprint density at radius 1 is 1.29 bits per heavy atom. The molecule has 1 aromatic rings. The standard InChI is InChI=1S/C17H25FN2O/c1-11(2)12-4-3-5-13(7-6-12)20-14-8-9-16(18)15(10-14)17(19)21/h8-13,20H,3-7H2,1-2H3,(H2,19,21). The zero-order valence-electron chi connectivity index (χ0n) is 12.9. The molecule has 0 aromatic heterocycles. The van der Waals surface area contributed by atoms with Crippen LogP contribution >= 0.6 is 0 Å². The topological polar surface area (TPSA) is 55.1 Å². The van der Waals surface area contributed by atoms with Gasteiger partial charge in [-0.15, -0.1) is 0 Å². The van der Waals surface area contributed by atoms with E-state index in [9.17, 15) is 9.18 Å². The van der Waals surface area contributed by atoms with Crippen molar-refractivity contribution in [2.45, 2.75) is 52.0 Å². The summed E-state index contributed by atoms with van der Waals surface area (Å²) in [7, 11) is 0. The van der Waals surface area contributed by atoms with Gasteiger partial charge in [0.15, 0.2) is 0 Å². The largest absolute Gasteiger partial charge is 0.382 e. The van der Waals surface area contributed by atoms with E-state index in [1.165, 1.54) is 31.4 Å². The van der Waals surface area contributed by atoms with Crippen LogP contribution in [0.25, 0.3) is 0 Å². The van der Waals surface area contributed by atoms with Gasteiger partial charge in [-0.25, -0.2) is 4.39 Å². The molecule has 3 N–H and O–H groups in total. The average Bonchev–Trinajstić information content (AvgIpc) is 2.66. The van der Waals surface area contributed by atoms with Crippen molar-refractivity contribution in [1.29, 1.82) is 0 Å². The van der Waals surface area contributed by atoms with Crippen LogP contribution in [0.1, 0.15) is 56.3 Å². The molecule has 1 aromatic carbocycles. The zero-order valence-corrected chi connectivity index (χ0v) is 12.9. The molecule has 0 saturated heterocycles. The second-order valence-corrected chi connectivity index (χ2v) is 6.41. The summed E-state index contributed by atoms with van der Waals surface area (Å²) >= 11 is 0. The zero-order chi connectivity index (χ0) is 15.4. The lowest BCUT2D eigenvalue weighted by Crippen LogP contribution is -2.20. The third-order valence-corrected chi connectivity index (χ3v) is 4.56. The summed E-state index contributed by atoms with van der Waals surface area (Å²) in [5.74, 6) is 0.243. The number of nitrogens with one attached hydrogen (secondary N) is 1. The maximum atomic E-state index is 13.5. The fourth-order valence-electron chi connectivity index (χ4n) is 3.18. The summed E-state index contributed by atoms with van der Waals surface area (Å²) in [6.07, 6.45) is 5.95. The third kappa shape index (κ3) is 4.19. The number of amides is 1. The van der Waals surface area contributed by atoms with Crippen LogP contribution in [0.5, 0.6) is 0 Å². The molecule has 0 aliphatic heterocycles. The van der Waals surface area contributed by atoms with Crippen LogP contribution in [0.15, 0.2) is 18.2 Å². The second kappa shape index (κ2) is 6.92. The molecule has 2 atom stereocenters. The van der Waals surface area contributed by atoms with Gasteiger partial charge in [-0.05, 0) is 49.3 Å². The lowest BCUT2D eigenvalue weighted by atomic mass is 9.89. The fourth-order valence-corrected chi connectivity index (χ4v) is 3.18. The molecule has 1 aliphatic carbocycles. The molecule has 0 heterocycles. The van der Waals surface area contributed by atoms with Gasteiger partial charge in [0.25, 0.3) is 5.91 Å². The lowest BCUT2D eigenvalue weighted by Gasteiger charge is -2.20. The lowest BCUT2D eigenvalue weighted by molar-refractivity contribution is 0.0996. The molecule has 0 spiro atoms. The molecule has 1 saturated carbocycles. The van der Waals surface area contributed by atoms with Gasteiger partial charge in [0.05, 0.1) is 5.56 Å². The summed E-state index contributed by atoms with van der Waals surface area (Å²) in [6, 6.07) is 4.88. The van der Waals surface area contributed by atoms with Gasteiger partial charge in [0, 0.05) is 11.7 Å². The minimum Gasteiger partial charge on any atom is -0.382 e. The van der Waals surface area contributed by atoms with E-state index in [0.717, 1.165) is 30.4 Å². The van der Waals surface area contributed by atoms with Gasteiger partial charge < -0.3 is 11.1 Å². The molecule has 0 bridgehead atoms. The summed E-state index contributed by atoms with van der Waals surface area (Å²) in [5, 5.41) is 3.43. The van der Waals surface area contributed by atoms with Gasteiger partial charge >= 0.3 is 0 Å². The molecule has 1 fully saturated rings. The molecule has 3 nitrogen and oxygen atoms in total. The average molecular weight is 292 g/mol. The van der Waals surface area contributed by atoms with Crippen LogP contribution in [0.3, 0.4) is 0 Å². The Labute approximate surface area is 126 Å². The van der Waals surface area contributed by atoms with E-state index in [4.69, 9.17) is 5.73 Å². The van der Waals surface area contributed by atoms with Crippen LogP contribution in [-0.4, -0.2) is 11.9 Å². The van der Waals surface area contributed by atoms with Gasteiger partial charge in [-0.1, -0.05) is 26.7 Å². The first-order valence-corrected chi connectivity index (χ1v) is 7.83. The van der Waals surface area contributed by atoms with Crippen molar-refractivity contribution in [1.82, 2.24) is 0 Å². The number of anilines is 1. The summed E-state index contributed by atoms with van der Waals surface area (Å²) in [6.45, 7) is 4.58. The number of primary amides is 1. The smallest absolute Gasteiger partial charge is 0.251 e. The van der Waals surface area contributed by atoms with E-state index in [2.05, 4.69) is 19.2 Å². The van der Waals surface area contributed by atoms with Crippen LogP contribution in [0.4, 0.5) is 10.1 Å². The maximum absolute atomic E-state index is 13.5. The highest BCUT2D eigenvalue weighted by molar-refractivity contribution is 5.94. The number of nitrogens with two attached hydrogens (primary N) is 1. The van der Waals surface area contributed by atoms with E-state index in [-0.39, 0.29) is 5.56 Å². The Kier molecular flexibility index (Phi) is 5.21. The number of hydrogen-bond acceptors (Lipinski definition) is 2. The molecule has 116 valence electrons. The number of halogens is 1. The monoisotopic (exact) mass is 292 g/mol. The summed E-state index contributed by atoms with van der Waals surface area (Å²) in [4.78, 5) is 11.2. The van der Waals surface area contributed by atoms with Crippen molar-refractivity contribution in [2.24, 2.45) is 17.6 Å². The van der Waals surface area contributed by atoms with E-state index in [1.54, 1.807) is 6.07 Å². The van der Waals surface area contributed by atoms with E-state index >= 15 is 0 Å². The Bertz CT molecular complexity index is 502. The number of rotatable bonds is 4. The molecule has 1 aliphatic rings. The Hall–Kier alpha value is -1.58. The van der Waals surface area contributed by atoms with Crippen molar-refractivity contribution < 1.29 is 9.18 Å². The molecule has 1 amide bonds. The van der Waals surface area contributed by atoms with Crippen molar-refractivity contribution in [3.8, 4) is 0 Å². The molecule has 0 radical (unpaired) electrons.